The minimum atomic E-state index is -0.574. The van der Waals surface area contributed by atoms with E-state index in [0.717, 1.165) is 22.1 Å². The van der Waals surface area contributed by atoms with Gasteiger partial charge in [0.15, 0.2) is 0 Å². The third kappa shape index (κ3) is 2.88. The molecule has 1 heterocycles. The van der Waals surface area contributed by atoms with Crippen LogP contribution in [0.4, 0.5) is 0 Å². The van der Waals surface area contributed by atoms with Gasteiger partial charge < -0.3 is 10.6 Å². The summed E-state index contributed by atoms with van der Waals surface area (Å²) < 4.78 is 0.750. The minimum absolute atomic E-state index is 0. The lowest BCUT2D eigenvalue weighted by atomic mass is 10.2. The first-order chi connectivity index (χ1) is 7.01. The Labute approximate surface area is 110 Å². The molecule has 1 aromatic heterocycles. The molecule has 1 fully saturated rings. The fourth-order valence-electron chi connectivity index (χ4n) is 1.47. The zero-order chi connectivity index (χ0) is 11.1. The van der Waals surface area contributed by atoms with Crippen molar-refractivity contribution < 1.29 is 4.79 Å². The van der Waals surface area contributed by atoms with Crippen molar-refractivity contribution in [2.75, 3.05) is 7.05 Å². The second kappa shape index (κ2) is 4.92. The standard InChI is InChI=1S/C10H13ClN2OS.ClH/c1-13(9(14)10(12)4-5-10)6-7-2-3-8(11)15-7;/h2-3H,4-6,12H2,1H3;1H. The topological polar surface area (TPSA) is 46.3 Å². The van der Waals surface area contributed by atoms with E-state index < -0.39 is 5.54 Å². The van der Waals surface area contributed by atoms with Crippen LogP contribution >= 0.6 is 35.3 Å². The van der Waals surface area contributed by atoms with E-state index in [-0.39, 0.29) is 18.3 Å². The number of nitrogens with zero attached hydrogens (tertiary/aromatic N) is 1. The number of nitrogens with two attached hydrogens (primary N) is 1. The Hall–Kier alpha value is -0.290. The minimum Gasteiger partial charge on any atom is -0.339 e. The number of carbonyl (C=O) groups excluding carboxylic acids is 1. The molecule has 0 spiro atoms. The molecule has 0 atom stereocenters. The highest BCUT2D eigenvalue weighted by atomic mass is 35.5. The third-order valence-electron chi connectivity index (χ3n) is 2.58. The van der Waals surface area contributed by atoms with Gasteiger partial charge in [0.05, 0.1) is 16.4 Å². The molecule has 90 valence electrons. The molecule has 6 heteroatoms. The first-order valence-corrected chi connectivity index (χ1v) is 5.99. The number of thiophene rings is 1. The molecule has 1 aliphatic carbocycles. The van der Waals surface area contributed by atoms with E-state index >= 15 is 0 Å². The highest BCUT2D eigenvalue weighted by Crippen LogP contribution is 2.34. The van der Waals surface area contributed by atoms with Crippen LogP contribution in [0, 0.1) is 0 Å². The highest BCUT2D eigenvalue weighted by molar-refractivity contribution is 7.16. The van der Waals surface area contributed by atoms with Crippen molar-refractivity contribution in [3.8, 4) is 0 Å². The number of rotatable bonds is 3. The lowest BCUT2D eigenvalue weighted by molar-refractivity contribution is -0.132. The second-order valence-electron chi connectivity index (χ2n) is 4.02. The summed E-state index contributed by atoms with van der Waals surface area (Å²) in [6, 6.07) is 3.78. The Balaban J connectivity index is 0.00000128. The zero-order valence-electron chi connectivity index (χ0n) is 8.90. The summed E-state index contributed by atoms with van der Waals surface area (Å²) >= 11 is 7.31. The summed E-state index contributed by atoms with van der Waals surface area (Å²) in [5.74, 6) is 0.0343. The molecule has 0 aromatic carbocycles. The normalized spacial score (nSPS) is 16.4. The molecule has 1 aromatic rings. The molecule has 16 heavy (non-hydrogen) atoms. The lowest BCUT2D eigenvalue weighted by Gasteiger charge is -2.19. The molecule has 1 amide bonds. The average molecular weight is 281 g/mol. The summed E-state index contributed by atoms with van der Waals surface area (Å²) in [7, 11) is 1.78. The van der Waals surface area contributed by atoms with Crippen LogP contribution in [0.3, 0.4) is 0 Å². The van der Waals surface area contributed by atoms with E-state index in [0.29, 0.717) is 6.54 Å². The molecule has 0 unspecified atom stereocenters. The van der Waals surface area contributed by atoms with Crippen molar-refractivity contribution in [1.82, 2.24) is 4.90 Å². The fraction of sp³-hybridized carbons (Fsp3) is 0.500. The molecule has 2 rings (SSSR count). The van der Waals surface area contributed by atoms with Gasteiger partial charge in [-0.15, -0.1) is 23.7 Å². The monoisotopic (exact) mass is 280 g/mol. The quantitative estimate of drug-likeness (QED) is 0.923. The van der Waals surface area contributed by atoms with E-state index in [4.69, 9.17) is 17.3 Å². The first-order valence-electron chi connectivity index (χ1n) is 4.80. The van der Waals surface area contributed by atoms with Gasteiger partial charge in [-0.25, -0.2) is 0 Å². The smallest absolute Gasteiger partial charge is 0.242 e. The maximum atomic E-state index is 11.8. The van der Waals surface area contributed by atoms with Crippen molar-refractivity contribution in [3.05, 3.63) is 21.3 Å². The van der Waals surface area contributed by atoms with Crippen molar-refractivity contribution in [3.63, 3.8) is 0 Å². The molecule has 0 bridgehead atoms. The zero-order valence-corrected chi connectivity index (χ0v) is 11.3. The average Bonchev–Trinajstić information content (AvgIpc) is 2.80. The van der Waals surface area contributed by atoms with Gasteiger partial charge in [-0.05, 0) is 25.0 Å². The summed E-state index contributed by atoms with van der Waals surface area (Å²) in [6.07, 6.45) is 1.61. The Bertz CT molecular complexity index is 390. The Kier molecular flexibility index (Phi) is 4.23. The Morgan fingerprint density at radius 1 is 1.62 bits per heavy atom. The van der Waals surface area contributed by atoms with Gasteiger partial charge in [0.1, 0.15) is 0 Å². The van der Waals surface area contributed by atoms with E-state index in [2.05, 4.69) is 0 Å². The van der Waals surface area contributed by atoms with Gasteiger partial charge in [0.25, 0.3) is 0 Å². The number of amides is 1. The van der Waals surface area contributed by atoms with Crippen molar-refractivity contribution in [2.45, 2.75) is 24.9 Å². The molecule has 1 aliphatic rings. The van der Waals surface area contributed by atoms with Crippen LogP contribution < -0.4 is 5.73 Å². The van der Waals surface area contributed by atoms with Gasteiger partial charge in [0, 0.05) is 11.9 Å². The largest absolute Gasteiger partial charge is 0.339 e. The van der Waals surface area contributed by atoms with Gasteiger partial charge in [-0.2, -0.15) is 0 Å². The van der Waals surface area contributed by atoms with E-state index in [1.54, 1.807) is 11.9 Å². The lowest BCUT2D eigenvalue weighted by Crippen LogP contribution is -2.43. The van der Waals surface area contributed by atoms with Crippen molar-refractivity contribution >= 4 is 41.3 Å². The van der Waals surface area contributed by atoms with E-state index in [1.165, 1.54) is 11.3 Å². The molecular weight excluding hydrogens is 267 g/mol. The van der Waals surface area contributed by atoms with Crippen LogP contribution in [-0.2, 0) is 11.3 Å². The highest BCUT2D eigenvalue weighted by Gasteiger charge is 2.47. The number of carbonyl (C=O) groups is 1. The van der Waals surface area contributed by atoms with Gasteiger partial charge >= 0.3 is 0 Å². The van der Waals surface area contributed by atoms with Gasteiger partial charge in [0.2, 0.25) is 5.91 Å². The Morgan fingerprint density at radius 3 is 2.69 bits per heavy atom. The third-order valence-corrected chi connectivity index (χ3v) is 3.80. The second-order valence-corrected chi connectivity index (χ2v) is 5.82. The number of hydrogen-bond donors (Lipinski definition) is 1. The molecule has 1 saturated carbocycles. The first kappa shape index (κ1) is 13.8. The van der Waals surface area contributed by atoms with Gasteiger partial charge in [-0.1, -0.05) is 11.6 Å². The molecule has 2 N–H and O–H groups in total. The predicted octanol–water partition coefficient (Wildman–Crippen LogP) is 2.27. The molecule has 0 saturated heterocycles. The summed E-state index contributed by atoms with van der Waals surface area (Å²) in [6.45, 7) is 0.592. The molecule has 3 nitrogen and oxygen atoms in total. The summed E-state index contributed by atoms with van der Waals surface area (Å²) in [4.78, 5) is 14.6. The van der Waals surface area contributed by atoms with Crippen molar-refractivity contribution in [2.24, 2.45) is 5.73 Å². The van der Waals surface area contributed by atoms with Gasteiger partial charge in [-0.3, -0.25) is 4.79 Å². The summed E-state index contributed by atoms with van der Waals surface area (Å²) in [5, 5.41) is 0. The maximum absolute atomic E-state index is 11.8. The SMILES string of the molecule is CN(Cc1ccc(Cl)s1)C(=O)C1(N)CC1.Cl. The Morgan fingerprint density at radius 2 is 2.25 bits per heavy atom. The van der Waals surface area contributed by atoms with Crippen LogP contribution in [0.15, 0.2) is 12.1 Å². The predicted molar refractivity (Wildman–Crippen MR) is 69.2 cm³/mol. The molecule has 0 radical (unpaired) electrons. The number of halogens is 2. The van der Waals surface area contributed by atoms with Crippen LogP contribution in [0.1, 0.15) is 17.7 Å². The molecular formula is C10H14Cl2N2OS. The van der Waals surface area contributed by atoms with E-state index in [9.17, 15) is 4.79 Å². The van der Waals surface area contributed by atoms with Crippen molar-refractivity contribution in [1.29, 1.82) is 0 Å². The maximum Gasteiger partial charge on any atom is 0.242 e. The number of hydrogen-bond acceptors (Lipinski definition) is 3. The fourth-order valence-corrected chi connectivity index (χ4v) is 2.61. The number of likely N-dealkylation sites (N-methyl/N-ethyl adjacent to an activating group) is 1. The molecule has 0 aliphatic heterocycles. The van der Waals surface area contributed by atoms with Crippen LogP contribution in [0.5, 0.6) is 0 Å². The van der Waals surface area contributed by atoms with Crippen LogP contribution in [0.2, 0.25) is 4.34 Å². The van der Waals surface area contributed by atoms with E-state index in [1.807, 2.05) is 12.1 Å². The summed E-state index contributed by atoms with van der Waals surface area (Å²) in [5.41, 5.74) is 5.26. The van der Waals surface area contributed by atoms with Crippen LogP contribution in [-0.4, -0.2) is 23.4 Å². The van der Waals surface area contributed by atoms with Crippen LogP contribution in [0.25, 0.3) is 0 Å².